The molecule has 1 aliphatic rings. The first-order valence-corrected chi connectivity index (χ1v) is 10.3. The van der Waals surface area contributed by atoms with Crippen LogP contribution in [-0.2, 0) is 13.0 Å². The number of aromatic nitrogens is 3. The van der Waals surface area contributed by atoms with Crippen LogP contribution in [0.2, 0.25) is 0 Å². The Bertz CT molecular complexity index is 1060. The maximum Gasteiger partial charge on any atom is 0.251 e. The summed E-state index contributed by atoms with van der Waals surface area (Å²) >= 11 is 0. The van der Waals surface area contributed by atoms with Gasteiger partial charge in [0.1, 0.15) is 0 Å². The molecule has 0 saturated carbocycles. The van der Waals surface area contributed by atoms with Crippen molar-refractivity contribution in [1.82, 2.24) is 14.5 Å². The van der Waals surface area contributed by atoms with Gasteiger partial charge >= 0.3 is 0 Å². The van der Waals surface area contributed by atoms with E-state index < -0.39 is 0 Å². The molecule has 2 aromatic heterocycles. The molecule has 3 heterocycles. The van der Waals surface area contributed by atoms with E-state index >= 15 is 0 Å². The van der Waals surface area contributed by atoms with Gasteiger partial charge in [-0.1, -0.05) is 26.0 Å². The zero-order valence-corrected chi connectivity index (χ0v) is 17.0. The molecule has 6 nitrogen and oxygen atoms in total. The minimum atomic E-state index is -0.0379. The maximum absolute atomic E-state index is 12.7. The van der Waals surface area contributed by atoms with Crippen LogP contribution in [0.5, 0.6) is 0 Å². The van der Waals surface area contributed by atoms with Crippen molar-refractivity contribution in [3.63, 3.8) is 0 Å². The lowest BCUT2D eigenvalue weighted by atomic mass is 10.1. The molecular formula is C23H27N5O. The van der Waals surface area contributed by atoms with Crippen LogP contribution in [0.4, 0.5) is 11.6 Å². The molecule has 0 unspecified atom stereocenters. The predicted octanol–water partition coefficient (Wildman–Crippen LogP) is 3.92. The predicted molar refractivity (Wildman–Crippen MR) is 117 cm³/mol. The van der Waals surface area contributed by atoms with Gasteiger partial charge in [0.05, 0.1) is 12.2 Å². The third-order valence-electron chi connectivity index (χ3n) is 5.50. The Morgan fingerprint density at radius 2 is 2.03 bits per heavy atom. The second-order valence-electron chi connectivity index (χ2n) is 7.47. The standard InChI is InChI=1S/C23H27N5O/c1-3-19(4-2)26-23-25-11-8-20(27-23)18-9-12-28(22(29)14-18)15-16-5-6-17-7-10-24-21(17)13-16/h5-6,8-9,11-14,19,24H,3-4,7,10,15H2,1-2H3,(H,25,26,27). The highest BCUT2D eigenvalue weighted by Crippen LogP contribution is 2.23. The minimum Gasteiger partial charge on any atom is -0.384 e. The molecule has 0 bridgehead atoms. The first kappa shape index (κ1) is 19.2. The fourth-order valence-electron chi connectivity index (χ4n) is 3.70. The second-order valence-corrected chi connectivity index (χ2v) is 7.47. The van der Waals surface area contributed by atoms with Crippen molar-refractivity contribution < 1.29 is 0 Å². The van der Waals surface area contributed by atoms with E-state index in [2.05, 4.69) is 52.6 Å². The molecule has 150 valence electrons. The van der Waals surface area contributed by atoms with Crippen LogP contribution in [0.3, 0.4) is 0 Å². The molecule has 3 aromatic rings. The van der Waals surface area contributed by atoms with Crippen LogP contribution in [-0.4, -0.2) is 27.1 Å². The van der Waals surface area contributed by atoms with Gasteiger partial charge in [-0.3, -0.25) is 4.79 Å². The van der Waals surface area contributed by atoms with E-state index in [9.17, 15) is 4.79 Å². The van der Waals surface area contributed by atoms with E-state index in [4.69, 9.17) is 0 Å². The Labute approximate surface area is 171 Å². The van der Waals surface area contributed by atoms with E-state index in [1.807, 2.05) is 18.3 Å². The van der Waals surface area contributed by atoms with Gasteiger partial charge in [0, 0.05) is 42.3 Å². The maximum atomic E-state index is 12.7. The molecule has 1 aliphatic heterocycles. The second kappa shape index (κ2) is 8.47. The Kier molecular flexibility index (Phi) is 5.60. The van der Waals surface area contributed by atoms with Crippen molar-refractivity contribution in [2.24, 2.45) is 0 Å². The lowest BCUT2D eigenvalue weighted by molar-refractivity contribution is 0.665. The largest absolute Gasteiger partial charge is 0.384 e. The van der Waals surface area contributed by atoms with Crippen LogP contribution < -0.4 is 16.2 Å². The monoisotopic (exact) mass is 389 g/mol. The van der Waals surface area contributed by atoms with Gasteiger partial charge in [0.25, 0.3) is 5.56 Å². The topological polar surface area (TPSA) is 71.8 Å². The molecule has 2 N–H and O–H groups in total. The number of benzene rings is 1. The number of fused-ring (bicyclic) bond motifs is 1. The molecule has 1 aromatic carbocycles. The summed E-state index contributed by atoms with van der Waals surface area (Å²) in [5.74, 6) is 0.603. The minimum absolute atomic E-state index is 0.0379. The number of anilines is 2. The van der Waals surface area contributed by atoms with E-state index in [1.165, 1.54) is 11.3 Å². The molecular weight excluding hydrogens is 362 g/mol. The van der Waals surface area contributed by atoms with Crippen LogP contribution in [0, 0.1) is 0 Å². The van der Waals surface area contributed by atoms with Crippen molar-refractivity contribution in [3.8, 4) is 11.3 Å². The van der Waals surface area contributed by atoms with Gasteiger partial charge in [0.15, 0.2) is 0 Å². The third-order valence-corrected chi connectivity index (χ3v) is 5.50. The third kappa shape index (κ3) is 4.31. The van der Waals surface area contributed by atoms with Crippen LogP contribution >= 0.6 is 0 Å². The number of hydrogen-bond acceptors (Lipinski definition) is 5. The SMILES string of the molecule is CCC(CC)Nc1nccc(-c2ccn(Cc3ccc4c(c3)NCC4)c(=O)c2)n1. The smallest absolute Gasteiger partial charge is 0.251 e. The number of hydrogen-bond donors (Lipinski definition) is 2. The Hall–Kier alpha value is -3.15. The zero-order valence-electron chi connectivity index (χ0n) is 17.0. The quantitative estimate of drug-likeness (QED) is 0.641. The van der Waals surface area contributed by atoms with E-state index in [0.717, 1.165) is 42.6 Å². The fourth-order valence-corrected chi connectivity index (χ4v) is 3.70. The van der Waals surface area contributed by atoms with Gasteiger partial charge in [0.2, 0.25) is 5.95 Å². The highest BCUT2D eigenvalue weighted by atomic mass is 16.1. The number of pyridine rings is 1. The molecule has 0 atom stereocenters. The Morgan fingerprint density at radius 3 is 2.83 bits per heavy atom. The normalized spacial score (nSPS) is 12.7. The lowest BCUT2D eigenvalue weighted by Gasteiger charge is -2.15. The highest BCUT2D eigenvalue weighted by Gasteiger charge is 2.11. The van der Waals surface area contributed by atoms with Crippen molar-refractivity contribution in [2.45, 2.75) is 45.7 Å². The first-order valence-electron chi connectivity index (χ1n) is 10.3. The van der Waals surface area contributed by atoms with Gasteiger partial charge in [-0.2, -0.15) is 0 Å². The highest BCUT2D eigenvalue weighted by molar-refractivity contribution is 5.59. The van der Waals surface area contributed by atoms with Gasteiger partial charge in [-0.25, -0.2) is 9.97 Å². The summed E-state index contributed by atoms with van der Waals surface area (Å²) in [5, 5.41) is 6.75. The van der Waals surface area contributed by atoms with Crippen molar-refractivity contribution in [2.75, 3.05) is 17.2 Å². The Balaban J connectivity index is 1.54. The molecule has 0 aliphatic carbocycles. The molecule has 0 spiro atoms. The summed E-state index contributed by atoms with van der Waals surface area (Å²) in [7, 11) is 0. The average molecular weight is 390 g/mol. The number of nitrogens with zero attached hydrogens (tertiary/aromatic N) is 3. The summed E-state index contributed by atoms with van der Waals surface area (Å²) in [6, 6.07) is 12.2. The van der Waals surface area contributed by atoms with Crippen molar-refractivity contribution in [1.29, 1.82) is 0 Å². The summed E-state index contributed by atoms with van der Waals surface area (Å²) in [6.45, 7) is 5.82. The number of nitrogens with one attached hydrogen (secondary N) is 2. The molecule has 0 radical (unpaired) electrons. The molecule has 29 heavy (non-hydrogen) atoms. The van der Waals surface area contributed by atoms with E-state index in [-0.39, 0.29) is 5.56 Å². The number of rotatable bonds is 7. The van der Waals surface area contributed by atoms with Crippen LogP contribution in [0.1, 0.15) is 37.8 Å². The summed E-state index contributed by atoms with van der Waals surface area (Å²) < 4.78 is 1.73. The van der Waals surface area contributed by atoms with Gasteiger partial charge in [-0.05, 0) is 48.6 Å². The molecule has 6 heteroatoms. The first-order chi connectivity index (χ1) is 14.2. The van der Waals surface area contributed by atoms with Crippen LogP contribution in [0.15, 0.2) is 53.6 Å². The average Bonchev–Trinajstić information content (AvgIpc) is 3.21. The summed E-state index contributed by atoms with van der Waals surface area (Å²) in [5.41, 5.74) is 5.16. The summed E-state index contributed by atoms with van der Waals surface area (Å²) in [6.07, 6.45) is 6.67. The summed E-state index contributed by atoms with van der Waals surface area (Å²) in [4.78, 5) is 21.6. The van der Waals surface area contributed by atoms with Crippen LogP contribution in [0.25, 0.3) is 11.3 Å². The van der Waals surface area contributed by atoms with Crippen molar-refractivity contribution >= 4 is 11.6 Å². The molecule has 0 fully saturated rings. The van der Waals surface area contributed by atoms with Crippen molar-refractivity contribution in [3.05, 3.63) is 70.3 Å². The lowest BCUT2D eigenvalue weighted by Crippen LogP contribution is -2.20. The molecule has 4 rings (SSSR count). The van der Waals surface area contributed by atoms with E-state index in [1.54, 1.807) is 16.8 Å². The molecule has 0 saturated heterocycles. The van der Waals surface area contributed by atoms with Gasteiger partial charge in [-0.15, -0.1) is 0 Å². The Morgan fingerprint density at radius 1 is 1.17 bits per heavy atom. The zero-order chi connectivity index (χ0) is 20.2. The van der Waals surface area contributed by atoms with E-state index in [0.29, 0.717) is 18.5 Å². The molecule has 0 amide bonds. The fraction of sp³-hybridized carbons (Fsp3) is 0.348. The van der Waals surface area contributed by atoms with Gasteiger partial charge < -0.3 is 15.2 Å².